The monoisotopic (exact) mass is 401 g/mol. The van der Waals surface area contributed by atoms with E-state index in [0.29, 0.717) is 16.3 Å². The Kier molecular flexibility index (Phi) is 5.24. The van der Waals surface area contributed by atoms with Gasteiger partial charge in [0.2, 0.25) is 0 Å². The highest BCUT2D eigenvalue weighted by atomic mass is 35.5. The van der Waals surface area contributed by atoms with Gasteiger partial charge in [-0.2, -0.15) is 0 Å². The van der Waals surface area contributed by atoms with E-state index in [1.807, 2.05) is 55.5 Å². The number of ketones is 1. The molecular formula is C25H17ClFNO. The molecule has 4 aromatic rings. The summed E-state index contributed by atoms with van der Waals surface area (Å²) in [7, 11) is 0. The third-order valence-corrected chi connectivity index (χ3v) is 5.00. The van der Waals surface area contributed by atoms with Gasteiger partial charge < -0.3 is 0 Å². The summed E-state index contributed by atoms with van der Waals surface area (Å²) in [6, 6.07) is 21.2. The van der Waals surface area contributed by atoms with Crippen molar-refractivity contribution in [1.82, 2.24) is 4.98 Å². The van der Waals surface area contributed by atoms with Gasteiger partial charge in [-0.3, -0.25) is 9.78 Å². The molecule has 0 aliphatic carbocycles. The van der Waals surface area contributed by atoms with Gasteiger partial charge in [-0.15, -0.1) is 0 Å². The summed E-state index contributed by atoms with van der Waals surface area (Å²) in [6.07, 6.45) is 3.19. The van der Waals surface area contributed by atoms with Crippen molar-refractivity contribution in [3.05, 3.63) is 107 Å². The second kappa shape index (κ2) is 7.98. The van der Waals surface area contributed by atoms with Crippen molar-refractivity contribution < 1.29 is 9.18 Å². The summed E-state index contributed by atoms with van der Waals surface area (Å²) in [5.74, 6) is -0.469. The molecule has 0 radical (unpaired) electrons. The molecule has 0 saturated carbocycles. The number of rotatable bonds is 4. The van der Waals surface area contributed by atoms with E-state index in [-0.39, 0.29) is 11.6 Å². The fourth-order valence-electron chi connectivity index (χ4n) is 3.38. The highest BCUT2D eigenvalue weighted by molar-refractivity contribution is 6.30. The Morgan fingerprint density at radius 1 is 0.966 bits per heavy atom. The summed E-state index contributed by atoms with van der Waals surface area (Å²) < 4.78 is 13.1. The Balaban J connectivity index is 1.87. The number of aromatic nitrogens is 1. The lowest BCUT2D eigenvalue weighted by atomic mass is 9.92. The lowest BCUT2D eigenvalue weighted by Gasteiger charge is -2.14. The number of hydrogen-bond acceptors (Lipinski definition) is 2. The summed E-state index contributed by atoms with van der Waals surface area (Å²) in [5, 5.41) is 1.53. The third-order valence-electron chi connectivity index (χ3n) is 4.75. The molecule has 0 saturated heterocycles. The van der Waals surface area contributed by atoms with Crippen LogP contribution in [0.3, 0.4) is 0 Å². The van der Waals surface area contributed by atoms with Crippen LogP contribution in [0.1, 0.15) is 21.6 Å². The topological polar surface area (TPSA) is 30.0 Å². The van der Waals surface area contributed by atoms with Crippen LogP contribution >= 0.6 is 11.6 Å². The number of benzene rings is 3. The van der Waals surface area contributed by atoms with E-state index in [1.54, 1.807) is 18.2 Å². The standard InChI is InChI=1S/C25H17ClFNO/c1-16-24(23(29)15-8-17-6-13-20(27)14-7-17)25(18-9-11-19(26)12-10-18)21-4-2-3-5-22(21)28-16/h2-15H,1H3/b15-8+. The molecule has 0 amide bonds. The van der Waals surface area contributed by atoms with Crippen LogP contribution in [-0.2, 0) is 0 Å². The SMILES string of the molecule is Cc1nc2ccccc2c(-c2ccc(Cl)cc2)c1C(=O)/C=C/c1ccc(F)cc1. The van der Waals surface area contributed by atoms with E-state index in [9.17, 15) is 9.18 Å². The Morgan fingerprint density at radius 3 is 2.38 bits per heavy atom. The van der Waals surface area contributed by atoms with Gasteiger partial charge in [0.15, 0.2) is 5.78 Å². The Bertz CT molecular complexity index is 1230. The molecule has 0 fully saturated rings. The minimum atomic E-state index is -0.312. The number of carbonyl (C=O) groups is 1. The van der Waals surface area contributed by atoms with Crippen molar-refractivity contribution in [1.29, 1.82) is 0 Å². The van der Waals surface area contributed by atoms with Crippen molar-refractivity contribution >= 4 is 34.4 Å². The zero-order valence-electron chi connectivity index (χ0n) is 15.7. The molecule has 3 aromatic carbocycles. The average Bonchev–Trinajstić information content (AvgIpc) is 2.73. The Labute approximate surface area is 173 Å². The van der Waals surface area contributed by atoms with Crippen LogP contribution in [0.2, 0.25) is 5.02 Å². The minimum Gasteiger partial charge on any atom is -0.289 e. The first-order chi connectivity index (χ1) is 14.0. The van der Waals surface area contributed by atoms with Gasteiger partial charge in [0.25, 0.3) is 0 Å². The lowest BCUT2D eigenvalue weighted by molar-refractivity contribution is 0.104. The maximum Gasteiger partial charge on any atom is 0.188 e. The summed E-state index contributed by atoms with van der Waals surface area (Å²) in [5.41, 5.74) is 4.51. The molecular weight excluding hydrogens is 385 g/mol. The van der Waals surface area contributed by atoms with Crippen molar-refractivity contribution in [2.75, 3.05) is 0 Å². The highest BCUT2D eigenvalue weighted by Crippen LogP contribution is 2.34. The number of halogens is 2. The maximum atomic E-state index is 13.2. The van der Waals surface area contributed by atoms with Crippen LogP contribution in [0.4, 0.5) is 4.39 Å². The zero-order valence-corrected chi connectivity index (χ0v) is 16.5. The van der Waals surface area contributed by atoms with Crippen molar-refractivity contribution in [2.45, 2.75) is 6.92 Å². The molecule has 0 bridgehead atoms. The molecule has 2 nitrogen and oxygen atoms in total. The Morgan fingerprint density at radius 2 is 1.66 bits per heavy atom. The van der Waals surface area contributed by atoms with Gasteiger partial charge in [0, 0.05) is 21.7 Å². The first-order valence-electron chi connectivity index (χ1n) is 9.16. The van der Waals surface area contributed by atoms with E-state index in [1.165, 1.54) is 18.2 Å². The zero-order chi connectivity index (χ0) is 20.4. The van der Waals surface area contributed by atoms with Crippen LogP contribution < -0.4 is 0 Å². The number of hydrogen-bond donors (Lipinski definition) is 0. The summed E-state index contributed by atoms with van der Waals surface area (Å²) in [6.45, 7) is 1.84. The molecule has 0 unspecified atom stereocenters. The second-order valence-corrected chi connectivity index (χ2v) is 7.16. The predicted molar refractivity (Wildman–Crippen MR) is 117 cm³/mol. The van der Waals surface area contributed by atoms with Crippen LogP contribution in [0.15, 0.2) is 78.9 Å². The first kappa shape index (κ1) is 19.0. The van der Waals surface area contributed by atoms with Gasteiger partial charge in [0.05, 0.1) is 11.1 Å². The molecule has 29 heavy (non-hydrogen) atoms. The number of aryl methyl sites for hydroxylation is 1. The van der Waals surface area contributed by atoms with Gasteiger partial charge in [0.1, 0.15) is 5.82 Å². The van der Waals surface area contributed by atoms with Crippen molar-refractivity contribution in [3.8, 4) is 11.1 Å². The maximum absolute atomic E-state index is 13.2. The molecule has 0 N–H and O–H groups in total. The fraction of sp³-hybridized carbons (Fsp3) is 0.0400. The first-order valence-corrected chi connectivity index (χ1v) is 9.54. The third kappa shape index (κ3) is 3.96. The normalized spacial score (nSPS) is 11.3. The Hall–Kier alpha value is -3.30. The molecule has 0 aliphatic heterocycles. The molecule has 142 valence electrons. The number of nitrogens with zero attached hydrogens (tertiary/aromatic N) is 1. The molecule has 0 atom stereocenters. The van der Waals surface area contributed by atoms with Gasteiger partial charge in [-0.05, 0) is 54.5 Å². The fourth-order valence-corrected chi connectivity index (χ4v) is 3.51. The smallest absolute Gasteiger partial charge is 0.188 e. The number of allylic oxidation sites excluding steroid dienone is 1. The van der Waals surface area contributed by atoms with E-state index >= 15 is 0 Å². The van der Waals surface area contributed by atoms with Gasteiger partial charge >= 0.3 is 0 Å². The van der Waals surface area contributed by atoms with E-state index in [4.69, 9.17) is 11.6 Å². The number of carbonyl (C=O) groups excluding carboxylic acids is 1. The number of para-hydroxylation sites is 1. The minimum absolute atomic E-state index is 0.157. The van der Waals surface area contributed by atoms with E-state index in [2.05, 4.69) is 4.98 Å². The molecule has 1 aromatic heterocycles. The van der Waals surface area contributed by atoms with Gasteiger partial charge in [-0.25, -0.2) is 4.39 Å². The molecule has 0 spiro atoms. The molecule has 4 heteroatoms. The summed E-state index contributed by atoms with van der Waals surface area (Å²) >= 11 is 6.06. The lowest BCUT2D eigenvalue weighted by Crippen LogP contribution is -2.05. The number of fused-ring (bicyclic) bond motifs is 1. The van der Waals surface area contributed by atoms with Crippen LogP contribution in [0.5, 0.6) is 0 Å². The summed E-state index contributed by atoms with van der Waals surface area (Å²) in [4.78, 5) is 17.8. The average molecular weight is 402 g/mol. The largest absolute Gasteiger partial charge is 0.289 e. The van der Waals surface area contributed by atoms with Crippen LogP contribution in [-0.4, -0.2) is 10.8 Å². The van der Waals surface area contributed by atoms with Crippen molar-refractivity contribution in [2.24, 2.45) is 0 Å². The highest BCUT2D eigenvalue weighted by Gasteiger charge is 2.18. The molecule has 0 aliphatic rings. The van der Waals surface area contributed by atoms with Crippen molar-refractivity contribution in [3.63, 3.8) is 0 Å². The second-order valence-electron chi connectivity index (χ2n) is 6.72. The van der Waals surface area contributed by atoms with Crippen LogP contribution in [0, 0.1) is 12.7 Å². The molecule has 1 heterocycles. The van der Waals surface area contributed by atoms with E-state index < -0.39 is 0 Å². The van der Waals surface area contributed by atoms with Crippen LogP contribution in [0.25, 0.3) is 28.1 Å². The quantitative estimate of drug-likeness (QED) is 0.275. The van der Waals surface area contributed by atoms with E-state index in [0.717, 1.165) is 27.6 Å². The predicted octanol–water partition coefficient (Wildman–Crippen LogP) is 6.90. The number of pyridine rings is 1. The molecule has 4 rings (SSSR count). The van der Waals surface area contributed by atoms with Gasteiger partial charge in [-0.1, -0.05) is 60.1 Å².